The van der Waals surface area contributed by atoms with E-state index in [0.717, 1.165) is 37.6 Å². The van der Waals surface area contributed by atoms with Crippen molar-refractivity contribution in [2.75, 3.05) is 39.3 Å². The largest absolute Gasteiger partial charge is 0.297 e. The van der Waals surface area contributed by atoms with E-state index in [1.807, 2.05) is 23.6 Å². The van der Waals surface area contributed by atoms with Crippen molar-refractivity contribution in [3.63, 3.8) is 0 Å². The first-order chi connectivity index (χ1) is 11.3. The summed E-state index contributed by atoms with van der Waals surface area (Å²) < 4.78 is 0. The van der Waals surface area contributed by atoms with Crippen molar-refractivity contribution < 1.29 is 4.79 Å². The number of thiophene rings is 1. The number of nitrogens with zero attached hydrogens (tertiary/aromatic N) is 2. The van der Waals surface area contributed by atoms with Crippen LogP contribution in [0.1, 0.15) is 15.2 Å². The maximum atomic E-state index is 12.1. The van der Waals surface area contributed by atoms with E-state index in [0.29, 0.717) is 6.54 Å². The molecule has 4 heteroatoms. The molecule has 120 valence electrons. The van der Waals surface area contributed by atoms with Crippen molar-refractivity contribution >= 4 is 23.2 Å². The summed E-state index contributed by atoms with van der Waals surface area (Å²) in [5, 5.41) is 1.96. The first-order valence-corrected chi connectivity index (χ1v) is 8.92. The molecular formula is C19H22N2OS. The highest BCUT2D eigenvalue weighted by Crippen LogP contribution is 2.11. The molecule has 0 unspecified atom stereocenters. The minimum atomic E-state index is 0.248. The van der Waals surface area contributed by atoms with Crippen molar-refractivity contribution in [2.24, 2.45) is 0 Å². The summed E-state index contributed by atoms with van der Waals surface area (Å²) in [5.74, 6) is 0.248. The SMILES string of the molecule is O=C(CN1CCN(C/C=C/c2ccccc2)CC1)c1cccs1. The van der Waals surface area contributed by atoms with Gasteiger partial charge in [0.05, 0.1) is 11.4 Å². The normalized spacial score (nSPS) is 16.9. The van der Waals surface area contributed by atoms with E-state index < -0.39 is 0 Å². The van der Waals surface area contributed by atoms with Crippen molar-refractivity contribution in [1.82, 2.24) is 9.80 Å². The Kier molecular flexibility index (Phi) is 5.75. The third-order valence-electron chi connectivity index (χ3n) is 4.10. The molecule has 2 aromatic rings. The topological polar surface area (TPSA) is 23.6 Å². The Morgan fingerprint density at radius 3 is 2.43 bits per heavy atom. The van der Waals surface area contributed by atoms with Crippen LogP contribution in [0.3, 0.4) is 0 Å². The maximum Gasteiger partial charge on any atom is 0.186 e. The minimum Gasteiger partial charge on any atom is -0.297 e. The highest BCUT2D eigenvalue weighted by Gasteiger charge is 2.19. The van der Waals surface area contributed by atoms with Crippen LogP contribution in [-0.2, 0) is 0 Å². The highest BCUT2D eigenvalue weighted by molar-refractivity contribution is 7.12. The number of Topliss-reactive ketones (excluding diaryl/α,β-unsaturated/α-hetero) is 1. The van der Waals surface area contributed by atoms with Crippen LogP contribution in [0.25, 0.3) is 6.08 Å². The number of hydrogen-bond donors (Lipinski definition) is 0. The summed E-state index contributed by atoms with van der Waals surface area (Å²) in [6.07, 6.45) is 4.40. The smallest absolute Gasteiger partial charge is 0.186 e. The van der Waals surface area contributed by atoms with Crippen molar-refractivity contribution in [3.8, 4) is 0 Å². The quantitative estimate of drug-likeness (QED) is 0.761. The van der Waals surface area contributed by atoms with E-state index in [9.17, 15) is 4.79 Å². The van der Waals surface area contributed by atoms with Gasteiger partial charge in [0.2, 0.25) is 0 Å². The molecule has 1 aromatic heterocycles. The van der Waals surface area contributed by atoms with Gasteiger partial charge in [-0.25, -0.2) is 0 Å². The predicted molar refractivity (Wildman–Crippen MR) is 97.0 cm³/mol. The van der Waals surface area contributed by atoms with Crippen LogP contribution < -0.4 is 0 Å². The van der Waals surface area contributed by atoms with Crippen LogP contribution in [-0.4, -0.2) is 54.9 Å². The molecule has 3 rings (SSSR count). The molecule has 0 amide bonds. The Morgan fingerprint density at radius 2 is 1.74 bits per heavy atom. The number of rotatable bonds is 6. The zero-order valence-electron chi connectivity index (χ0n) is 13.2. The van der Waals surface area contributed by atoms with Gasteiger partial charge in [-0.15, -0.1) is 11.3 Å². The zero-order chi connectivity index (χ0) is 15.9. The van der Waals surface area contributed by atoms with Gasteiger partial charge in [0, 0.05) is 32.7 Å². The lowest BCUT2D eigenvalue weighted by molar-refractivity contribution is 0.0869. The molecule has 0 aliphatic carbocycles. The fraction of sp³-hybridized carbons (Fsp3) is 0.316. The van der Waals surface area contributed by atoms with Crippen molar-refractivity contribution in [2.45, 2.75) is 0 Å². The summed E-state index contributed by atoms with van der Waals surface area (Å²) in [6.45, 7) is 5.51. The molecule has 3 nitrogen and oxygen atoms in total. The molecule has 0 atom stereocenters. The van der Waals surface area contributed by atoms with Crippen LogP contribution in [0.15, 0.2) is 53.9 Å². The van der Waals surface area contributed by atoms with Crippen molar-refractivity contribution in [1.29, 1.82) is 0 Å². The zero-order valence-corrected chi connectivity index (χ0v) is 14.0. The summed E-state index contributed by atoms with van der Waals surface area (Å²) >= 11 is 1.53. The van der Waals surface area contributed by atoms with E-state index in [-0.39, 0.29) is 5.78 Å². The van der Waals surface area contributed by atoms with Crippen LogP contribution >= 0.6 is 11.3 Å². The van der Waals surface area contributed by atoms with Gasteiger partial charge in [-0.3, -0.25) is 14.6 Å². The van der Waals surface area contributed by atoms with E-state index in [1.165, 1.54) is 16.9 Å². The number of carbonyl (C=O) groups is 1. The van der Waals surface area contributed by atoms with Gasteiger partial charge < -0.3 is 0 Å². The molecule has 0 radical (unpaired) electrons. The number of carbonyl (C=O) groups excluding carboxylic acids is 1. The van der Waals surface area contributed by atoms with Gasteiger partial charge >= 0.3 is 0 Å². The summed E-state index contributed by atoms with van der Waals surface area (Å²) in [6, 6.07) is 14.2. The summed E-state index contributed by atoms with van der Waals surface area (Å²) in [5.41, 5.74) is 1.24. The predicted octanol–water partition coefficient (Wildman–Crippen LogP) is 3.26. The van der Waals surface area contributed by atoms with Gasteiger partial charge in [-0.05, 0) is 17.0 Å². The highest BCUT2D eigenvalue weighted by atomic mass is 32.1. The summed E-state index contributed by atoms with van der Waals surface area (Å²) in [7, 11) is 0. The molecule has 0 saturated carbocycles. The first kappa shape index (κ1) is 16.1. The Bertz CT molecular complexity index is 629. The van der Waals surface area contributed by atoms with E-state index >= 15 is 0 Å². The third-order valence-corrected chi connectivity index (χ3v) is 5.01. The Labute approximate surface area is 141 Å². The van der Waals surface area contributed by atoms with Crippen LogP contribution in [0.2, 0.25) is 0 Å². The van der Waals surface area contributed by atoms with Gasteiger partial charge in [0.25, 0.3) is 0 Å². The summed E-state index contributed by atoms with van der Waals surface area (Å²) in [4.78, 5) is 17.7. The number of ketones is 1. The molecular weight excluding hydrogens is 304 g/mol. The number of piperazine rings is 1. The lowest BCUT2D eigenvalue weighted by Crippen LogP contribution is -2.47. The van der Waals surface area contributed by atoms with E-state index in [4.69, 9.17) is 0 Å². The van der Waals surface area contributed by atoms with Gasteiger partial charge in [0.1, 0.15) is 0 Å². The molecule has 0 bridgehead atoms. The number of hydrogen-bond acceptors (Lipinski definition) is 4. The molecule has 0 spiro atoms. The fourth-order valence-electron chi connectivity index (χ4n) is 2.75. The van der Waals surface area contributed by atoms with E-state index in [1.54, 1.807) is 0 Å². The fourth-order valence-corrected chi connectivity index (χ4v) is 3.41. The molecule has 23 heavy (non-hydrogen) atoms. The van der Waals surface area contributed by atoms with Crippen molar-refractivity contribution in [3.05, 3.63) is 64.4 Å². The third kappa shape index (κ3) is 4.86. The lowest BCUT2D eigenvalue weighted by atomic mass is 10.2. The second-order valence-corrected chi connectivity index (χ2v) is 6.74. The second-order valence-electron chi connectivity index (χ2n) is 5.79. The lowest BCUT2D eigenvalue weighted by Gasteiger charge is -2.33. The molecule has 1 aromatic carbocycles. The Morgan fingerprint density at radius 1 is 1.00 bits per heavy atom. The first-order valence-electron chi connectivity index (χ1n) is 8.04. The Hall–Kier alpha value is -1.75. The average Bonchev–Trinajstić information content (AvgIpc) is 3.12. The van der Waals surface area contributed by atoms with Gasteiger partial charge in [-0.1, -0.05) is 48.6 Å². The molecule has 2 heterocycles. The second kappa shape index (κ2) is 8.20. The van der Waals surface area contributed by atoms with Crippen LogP contribution in [0.5, 0.6) is 0 Å². The van der Waals surface area contributed by atoms with Crippen LogP contribution in [0.4, 0.5) is 0 Å². The molecule has 1 aliphatic rings. The Balaban J connectivity index is 1.40. The average molecular weight is 326 g/mol. The van der Waals surface area contributed by atoms with Gasteiger partial charge in [-0.2, -0.15) is 0 Å². The minimum absolute atomic E-state index is 0.248. The molecule has 1 aliphatic heterocycles. The monoisotopic (exact) mass is 326 g/mol. The maximum absolute atomic E-state index is 12.1. The van der Waals surface area contributed by atoms with Gasteiger partial charge in [0.15, 0.2) is 5.78 Å². The van der Waals surface area contributed by atoms with E-state index in [2.05, 4.69) is 46.2 Å². The molecule has 1 fully saturated rings. The number of benzene rings is 1. The molecule has 0 N–H and O–H groups in total. The standard InChI is InChI=1S/C19H22N2OS/c22-18(19-9-5-15-23-19)16-21-13-11-20(12-14-21)10-4-8-17-6-2-1-3-7-17/h1-9,15H,10-14,16H2/b8-4+. The molecule has 1 saturated heterocycles. The van der Waals surface area contributed by atoms with Crippen LogP contribution in [0, 0.1) is 0 Å².